The van der Waals surface area contributed by atoms with Gasteiger partial charge in [-0.05, 0) is 145 Å². The highest BCUT2D eigenvalue weighted by Gasteiger charge is 2.59. The van der Waals surface area contributed by atoms with Gasteiger partial charge in [-0.25, -0.2) is 0 Å². The summed E-state index contributed by atoms with van der Waals surface area (Å²) in [7, 11) is 0. The van der Waals surface area contributed by atoms with Gasteiger partial charge in [-0.2, -0.15) is 0 Å². The van der Waals surface area contributed by atoms with Crippen LogP contribution in [0, 0.1) is 81.2 Å². The first-order chi connectivity index (χ1) is 28.5. The van der Waals surface area contributed by atoms with Crippen molar-refractivity contribution in [3.05, 3.63) is 0 Å². The molecule has 0 spiro atoms. The highest BCUT2D eigenvalue weighted by Crippen LogP contribution is 2.68. The van der Waals surface area contributed by atoms with E-state index in [-0.39, 0.29) is 37.1 Å². The first kappa shape index (κ1) is 78.9. The molecule has 0 aromatic carbocycles. The monoisotopic (exact) mass is 991 g/mol. The fourth-order valence-electron chi connectivity index (χ4n) is 17.2. The Labute approximate surface area is 452 Å². The van der Waals surface area contributed by atoms with Crippen LogP contribution in [-0.2, 0) is 0 Å². The summed E-state index contributed by atoms with van der Waals surface area (Å²) in [6.45, 7) is 72.5. The molecule has 5 rings (SSSR count). The van der Waals surface area contributed by atoms with Gasteiger partial charge in [-0.1, -0.05) is 309 Å². The minimum atomic E-state index is 0. The summed E-state index contributed by atoms with van der Waals surface area (Å²) in [5.41, 5.74) is 7.52. The van der Waals surface area contributed by atoms with Crippen LogP contribution >= 0.6 is 0 Å². The Morgan fingerprint density at radius 3 is 0.329 bits per heavy atom. The van der Waals surface area contributed by atoms with Gasteiger partial charge < -0.3 is 0 Å². The van der Waals surface area contributed by atoms with Gasteiger partial charge in [0.15, 0.2) is 0 Å². The summed E-state index contributed by atoms with van der Waals surface area (Å²) < 4.78 is 0. The summed E-state index contributed by atoms with van der Waals surface area (Å²) in [5.74, 6) is 0. The Kier molecular flexibility index (Phi) is 29.7. The lowest BCUT2D eigenvalue weighted by Crippen LogP contribution is -2.51. The summed E-state index contributed by atoms with van der Waals surface area (Å²) in [6, 6.07) is 0. The molecule has 0 aromatic heterocycles. The summed E-state index contributed by atoms with van der Waals surface area (Å²) in [5, 5.41) is 0. The molecular weight excluding hydrogens is 841 g/mol. The Hall–Kier alpha value is 0. The van der Waals surface area contributed by atoms with Crippen LogP contribution in [0.2, 0.25) is 0 Å². The van der Waals surface area contributed by atoms with Crippen LogP contribution in [0.3, 0.4) is 0 Å². The molecule has 0 radical (unpaired) electrons. The Bertz CT molecular complexity index is 1280. The molecule has 0 amide bonds. The van der Waals surface area contributed by atoms with Crippen molar-refractivity contribution >= 4 is 0 Å². The fourth-order valence-corrected chi connectivity index (χ4v) is 17.2. The van der Waals surface area contributed by atoms with Crippen molar-refractivity contribution in [2.24, 2.45) is 81.2 Å². The molecular formula is C70H150. The van der Waals surface area contributed by atoms with Crippen molar-refractivity contribution in [1.82, 2.24) is 0 Å². The molecule has 5 saturated carbocycles. The van der Waals surface area contributed by atoms with Crippen LogP contribution in [0.5, 0.6) is 0 Å². The Morgan fingerprint density at radius 2 is 0.243 bits per heavy atom. The molecule has 0 unspecified atom stereocenters. The Morgan fingerprint density at radius 1 is 0.143 bits per heavy atom. The largest absolute Gasteiger partial charge is 0.0776 e. The molecule has 70 heavy (non-hydrogen) atoms. The average molecular weight is 992 g/mol. The second kappa shape index (κ2) is 26.4. The van der Waals surface area contributed by atoms with Gasteiger partial charge >= 0.3 is 0 Å². The molecule has 0 nitrogen and oxygen atoms in total. The van der Waals surface area contributed by atoms with E-state index < -0.39 is 0 Å². The minimum absolute atomic E-state index is 0. The van der Waals surface area contributed by atoms with Crippen LogP contribution in [0.25, 0.3) is 0 Å². The van der Waals surface area contributed by atoms with E-state index >= 15 is 0 Å². The lowest BCUT2D eigenvalue weighted by molar-refractivity contribution is -0.100. The van der Waals surface area contributed by atoms with Crippen LogP contribution < -0.4 is 0 Å². The minimum Gasteiger partial charge on any atom is -0.0776 e. The van der Waals surface area contributed by atoms with E-state index in [0.29, 0.717) is 81.2 Å². The number of hydrogen-bond donors (Lipinski definition) is 0. The molecule has 0 heteroatoms. The molecule has 0 aromatic rings. The van der Waals surface area contributed by atoms with Crippen molar-refractivity contribution in [3.8, 4) is 0 Å². The second-order valence-electron chi connectivity index (χ2n) is 33.9. The van der Waals surface area contributed by atoms with Crippen LogP contribution in [0.1, 0.15) is 373 Å². The first-order valence-electron chi connectivity index (χ1n) is 28.5. The zero-order chi connectivity index (χ0) is 51.6. The third-order valence-electron chi connectivity index (χ3n) is 21.4. The molecule has 0 aliphatic heterocycles. The van der Waals surface area contributed by atoms with Crippen LogP contribution in [0.4, 0.5) is 0 Å². The maximum Gasteiger partial charge on any atom is -0.0200 e. The first-order valence-corrected chi connectivity index (χ1v) is 28.5. The maximum atomic E-state index is 2.45. The van der Waals surface area contributed by atoms with Crippen LogP contribution in [-0.4, -0.2) is 0 Å². The van der Waals surface area contributed by atoms with Crippen molar-refractivity contribution in [2.45, 2.75) is 373 Å². The standard InChI is InChI=1S/C15H30.C14H28.C13H26.C12H24.C11H22.5CH4/c1-13(2,3)15(14(4,5)6)11-9-7-8-10-12-15;1-12(2,3)14(13(4,5)6)10-8-7-9-11-14;1-11(2,3)13(12(4,5)6)9-7-8-10-13;1-10(2,3)12(8-7-9-12)11(4,5)6;1-9(2,3)11(7-8-11)10(4,5)6;;;;;/h7-12H2,1-6H3;7-11H2,1-6H3;7-10H2,1-6H3;7-9H2,1-6H3;7-8H2,1-6H3;5*1H4. The lowest BCUT2D eigenvalue weighted by Gasteiger charge is -2.60. The quantitative estimate of drug-likeness (QED) is 0.212. The zero-order valence-corrected chi connectivity index (χ0v) is 51.6. The van der Waals surface area contributed by atoms with Gasteiger partial charge in [0, 0.05) is 0 Å². The topological polar surface area (TPSA) is 0 Å². The van der Waals surface area contributed by atoms with Crippen molar-refractivity contribution in [2.75, 3.05) is 0 Å². The van der Waals surface area contributed by atoms with Crippen LogP contribution in [0.15, 0.2) is 0 Å². The number of hydrogen-bond acceptors (Lipinski definition) is 0. The third kappa shape index (κ3) is 17.3. The molecule has 430 valence electrons. The summed E-state index contributed by atoms with van der Waals surface area (Å²) >= 11 is 0. The van der Waals surface area contributed by atoms with E-state index in [1.807, 2.05) is 0 Å². The summed E-state index contributed by atoms with van der Waals surface area (Å²) in [6.07, 6.45) is 28.7. The third-order valence-corrected chi connectivity index (χ3v) is 21.4. The highest BCUT2D eigenvalue weighted by molar-refractivity contribution is 5.08. The molecule has 5 aliphatic carbocycles. The van der Waals surface area contributed by atoms with E-state index in [1.165, 1.54) is 128 Å². The SMILES string of the molecule is C.C.C.C.C.CC(C)(C)C1(C(C)(C)C)CC1.CC(C)(C)C1(C(C)(C)C)CCC1.CC(C)(C)C1(C(C)(C)C)CCCC1.CC(C)(C)C1(C(C)(C)C)CCCCC1.CC(C)(C)C1(C(C)(C)C)CCCCCC1. The normalized spacial score (nSPS) is 21.9. The zero-order valence-electron chi connectivity index (χ0n) is 51.6. The lowest BCUT2D eigenvalue weighted by atomic mass is 9.45. The molecule has 5 fully saturated rings. The molecule has 0 N–H and O–H groups in total. The molecule has 0 heterocycles. The van der Waals surface area contributed by atoms with Crippen molar-refractivity contribution < 1.29 is 0 Å². The van der Waals surface area contributed by atoms with Gasteiger partial charge in [-0.3, -0.25) is 0 Å². The molecule has 5 aliphatic rings. The van der Waals surface area contributed by atoms with E-state index in [4.69, 9.17) is 0 Å². The predicted molar refractivity (Wildman–Crippen MR) is 333 cm³/mol. The van der Waals surface area contributed by atoms with Crippen molar-refractivity contribution in [3.63, 3.8) is 0 Å². The van der Waals surface area contributed by atoms with E-state index in [9.17, 15) is 0 Å². The highest BCUT2D eigenvalue weighted by atomic mass is 14.6. The smallest absolute Gasteiger partial charge is 0.0200 e. The molecule has 0 saturated heterocycles. The molecule has 0 bridgehead atoms. The fraction of sp³-hybridized carbons (Fsp3) is 1.00. The molecule has 0 atom stereocenters. The van der Waals surface area contributed by atoms with E-state index in [1.54, 1.807) is 0 Å². The van der Waals surface area contributed by atoms with Gasteiger partial charge in [0.1, 0.15) is 0 Å². The van der Waals surface area contributed by atoms with E-state index in [2.05, 4.69) is 208 Å². The number of rotatable bonds is 0. The van der Waals surface area contributed by atoms with Gasteiger partial charge in [0.05, 0.1) is 0 Å². The van der Waals surface area contributed by atoms with Gasteiger partial charge in [-0.15, -0.1) is 0 Å². The predicted octanol–water partition coefficient (Wildman–Crippen LogP) is 26.4. The van der Waals surface area contributed by atoms with Gasteiger partial charge in [0.2, 0.25) is 0 Å². The van der Waals surface area contributed by atoms with Crippen molar-refractivity contribution in [1.29, 1.82) is 0 Å². The Balaban J connectivity index is -0.000000248. The van der Waals surface area contributed by atoms with E-state index in [0.717, 1.165) is 0 Å². The van der Waals surface area contributed by atoms with Gasteiger partial charge in [0.25, 0.3) is 0 Å². The second-order valence-corrected chi connectivity index (χ2v) is 33.9. The average Bonchev–Trinajstić information content (AvgIpc) is 3.79. The summed E-state index contributed by atoms with van der Waals surface area (Å²) in [4.78, 5) is 0. The maximum absolute atomic E-state index is 2.45.